The molecule has 1 aliphatic heterocycles. The van der Waals surface area contributed by atoms with Gasteiger partial charge in [0.15, 0.2) is 5.79 Å². The van der Waals surface area contributed by atoms with Gasteiger partial charge in [-0.05, 0) is 92.8 Å². The molecule has 2 aromatic heterocycles. The molecule has 3 aromatic rings. The molecule has 2 aliphatic carbocycles. The lowest BCUT2D eigenvalue weighted by Crippen LogP contribution is -2.54. The van der Waals surface area contributed by atoms with E-state index < -0.39 is 40.2 Å². The van der Waals surface area contributed by atoms with Gasteiger partial charge in [0.1, 0.15) is 27.8 Å². The minimum Gasteiger partial charge on any atom is -0.496 e. The Morgan fingerprint density at radius 2 is 1.61 bits per heavy atom. The van der Waals surface area contributed by atoms with Crippen molar-refractivity contribution in [1.82, 2.24) is 9.13 Å². The molecule has 280 valence electrons. The zero-order valence-corrected chi connectivity index (χ0v) is 34.3. The molecular formula is C39H53BrN2O8S. The number of methoxy groups -OCH3 is 1. The van der Waals surface area contributed by atoms with Crippen LogP contribution in [0.1, 0.15) is 105 Å². The lowest BCUT2D eigenvalue weighted by molar-refractivity contribution is -0.300. The fourth-order valence-electron chi connectivity index (χ4n) is 8.44. The Morgan fingerprint density at radius 3 is 2.18 bits per heavy atom. The third-order valence-electron chi connectivity index (χ3n) is 11.4. The fraction of sp³-hybridized carbons (Fsp3) is 0.667. The molecule has 6 rings (SSSR count). The minimum atomic E-state index is -1.60. The van der Waals surface area contributed by atoms with Crippen LogP contribution in [0.15, 0.2) is 37.6 Å². The minimum absolute atomic E-state index is 0.0108. The van der Waals surface area contributed by atoms with Gasteiger partial charge in [0.2, 0.25) is 0 Å². The van der Waals surface area contributed by atoms with Gasteiger partial charge in [-0.15, -0.1) is 11.3 Å². The Morgan fingerprint density at radius 1 is 1.02 bits per heavy atom. The Labute approximate surface area is 312 Å². The zero-order chi connectivity index (χ0) is 37.5. The highest BCUT2D eigenvalue weighted by Gasteiger charge is 2.65. The van der Waals surface area contributed by atoms with Gasteiger partial charge in [-0.25, -0.2) is 14.2 Å². The van der Waals surface area contributed by atoms with Crippen molar-refractivity contribution in [3.05, 3.63) is 60.0 Å². The van der Waals surface area contributed by atoms with E-state index in [1.807, 2.05) is 31.2 Å². The Bertz CT molecular complexity index is 1940. The topological polar surface area (TPSA) is 107 Å². The van der Waals surface area contributed by atoms with Crippen LogP contribution in [-0.4, -0.2) is 52.9 Å². The first-order valence-electron chi connectivity index (χ1n) is 17.8. The number of aryl methyl sites for hydroxylation is 1. The van der Waals surface area contributed by atoms with Gasteiger partial charge in [0.05, 0.1) is 42.1 Å². The molecule has 2 unspecified atom stereocenters. The van der Waals surface area contributed by atoms with Crippen molar-refractivity contribution < 1.29 is 28.5 Å². The van der Waals surface area contributed by atoms with Crippen molar-refractivity contribution in [1.29, 1.82) is 0 Å². The lowest BCUT2D eigenvalue weighted by atomic mass is 9.71. The summed E-state index contributed by atoms with van der Waals surface area (Å²) in [6.45, 7) is 20.6. The normalized spacial score (nSPS) is 26.4. The van der Waals surface area contributed by atoms with Crippen molar-refractivity contribution in [2.45, 2.75) is 131 Å². The molecule has 0 amide bonds. The van der Waals surface area contributed by atoms with Gasteiger partial charge < -0.3 is 23.7 Å². The van der Waals surface area contributed by atoms with Crippen LogP contribution in [0.2, 0.25) is 0 Å². The van der Waals surface area contributed by atoms with Gasteiger partial charge in [-0.3, -0.25) is 9.36 Å². The summed E-state index contributed by atoms with van der Waals surface area (Å²) in [5, 5.41) is 0.373. The molecule has 2 saturated carbocycles. The third kappa shape index (κ3) is 6.77. The SMILES string of the molecule is COc1ccccc1C(Cn1c(=O)n(C(C)(C)C(=O)OC(C)(C)C)c(=O)c2c(C)c(Br)sc21)OC1C[C@@]2(C)CC3(C[C@@]2(C)C1)OCC(C)(C)CO3. The number of fused-ring (bicyclic) bond motifs is 2. The van der Waals surface area contributed by atoms with E-state index in [0.29, 0.717) is 34.7 Å². The predicted molar refractivity (Wildman–Crippen MR) is 202 cm³/mol. The van der Waals surface area contributed by atoms with Crippen LogP contribution in [0.3, 0.4) is 0 Å². The number of thiophene rings is 1. The second-order valence-electron chi connectivity index (χ2n) is 17.8. The summed E-state index contributed by atoms with van der Waals surface area (Å²) in [6.07, 6.45) is 2.43. The zero-order valence-electron chi connectivity index (χ0n) is 31.9. The monoisotopic (exact) mass is 788 g/mol. The second-order valence-corrected chi connectivity index (χ2v) is 20.1. The second kappa shape index (κ2) is 12.8. The summed E-state index contributed by atoms with van der Waals surface area (Å²) in [7, 11) is 1.62. The number of aromatic nitrogens is 2. The summed E-state index contributed by atoms with van der Waals surface area (Å²) in [5.41, 5.74) is -2.26. The predicted octanol–water partition coefficient (Wildman–Crippen LogP) is 7.88. The third-order valence-corrected chi connectivity index (χ3v) is 13.6. The molecule has 0 bridgehead atoms. The quantitative estimate of drug-likeness (QED) is 0.212. The van der Waals surface area contributed by atoms with Crippen molar-refractivity contribution >= 4 is 43.5 Å². The maximum Gasteiger partial charge on any atom is 0.333 e. The molecule has 51 heavy (non-hydrogen) atoms. The number of para-hydroxylation sites is 1. The van der Waals surface area contributed by atoms with E-state index in [1.54, 1.807) is 46.3 Å². The number of benzene rings is 1. The van der Waals surface area contributed by atoms with Crippen molar-refractivity contribution in [2.24, 2.45) is 16.2 Å². The van der Waals surface area contributed by atoms with Gasteiger partial charge in [-0.1, -0.05) is 45.9 Å². The lowest BCUT2D eigenvalue weighted by Gasteiger charge is -2.42. The summed E-state index contributed by atoms with van der Waals surface area (Å²) in [6, 6.07) is 7.68. The van der Waals surface area contributed by atoms with Crippen LogP contribution in [0, 0.1) is 23.2 Å². The van der Waals surface area contributed by atoms with Gasteiger partial charge in [-0.2, -0.15) is 0 Å². The largest absolute Gasteiger partial charge is 0.496 e. The van der Waals surface area contributed by atoms with E-state index in [1.165, 1.54) is 11.3 Å². The smallest absolute Gasteiger partial charge is 0.333 e. The van der Waals surface area contributed by atoms with Crippen molar-refractivity contribution in [3.63, 3.8) is 0 Å². The van der Waals surface area contributed by atoms with Crippen molar-refractivity contribution in [2.75, 3.05) is 20.3 Å². The van der Waals surface area contributed by atoms with Crippen LogP contribution in [0.25, 0.3) is 10.2 Å². The van der Waals surface area contributed by atoms with Crippen LogP contribution in [-0.2, 0) is 35.8 Å². The maximum absolute atomic E-state index is 14.7. The van der Waals surface area contributed by atoms with Gasteiger partial charge in [0.25, 0.3) is 5.56 Å². The number of hydrogen-bond acceptors (Lipinski definition) is 9. The molecule has 1 aromatic carbocycles. The van der Waals surface area contributed by atoms with E-state index in [2.05, 4.69) is 43.6 Å². The molecule has 12 heteroatoms. The first-order valence-corrected chi connectivity index (χ1v) is 19.4. The first kappa shape index (κ1) is 38.2. The standard InChI is InChI=1S/C39H53BrN2O8S/c1-23-28-30(43)42(36(7,8)32(44)50-34(2,3)4)33(45)41(31(28)51-29(23)40)18-27(25-14-12-13-15-26(25)46-11)49-24-16-37(9)19-39(20-38(37,10)17-24)47-21-35(5,6)22-48-39/h12-15,24,27H,16-22H2,1-11H3/t24?,27?,37-,38+. The van der Waals surface area contributed by atoms with E-state index in [0.717, 1.165) is 39.6 Å². The molecule has 1 spiro atoms. The van der Waals surface area contributed by atoms with E-state index in [9.17, 15) is 14.4 Å². The number of hydrogen-bond donors (Lipinski definition) is 0. The number of esters is 1. The van der Waals surface area contributed by atoms with Crippen LogP contribution < -0.4 is 16.0 Å². The summed E-state index contributed by atoms with van der Waals surface area (Å²) >= 11 is 4.94. The number of halogens is 1. The first-order chi connectivity index (χ1) is 23.5. The number of nitrogens with zero attached hydrogens (tertiary/aromatic N) is 2. The van der Waals surface area contributed by atoms with Gasteiger partial charge in [0, 0.05) is 23.8 Å². The van der Waals surface area contributed by atoms with E-state index in [-0.39, 0.29) is 28.9 Å². The van der Waals surface area contributed by atoms with Gasteiger partial charge >= 0.3 is 11.7 Å². The Hall–Kier alpha value is -2.51. The number of rotatable bonds is 8. The number of carbonyl (C=O) groups excluding carboxylic acids is 1. The van der Waals surface area contributed by atoms with Crippen molar-refractivity contribution in [3.8, 4) is 5.75 Å². The van der Waals surface area contributed by atoms with Crippen LogP contribution in [0.4, 0.5) is 0 Å². The highest BCUT2D eigenvalue weighted by atomic mass is 79.9. The average Bonchev–Trinajstić information content (AvgIpc) is 3.53. The molecule has 0 radical (unpaired) electrons. The van der Waals surface area contributed by atoms with E-state index in [4.69, 9.17) is 23.7 Å². The average molecular weight is 790 g/mol. The Kier molecular flexibility index (Phi) is 9.61. The fourth-order valence-corrected chi connectivity index (χ4v) is 10.1. The molecule has 3 fully saturated rings. The molecule has 0 N–H and O–H groups in total. The summed E-state index contributed by atoms with van der Waals surface area (Å²) < 4.78 is 35.0. The van der Waals surface area contributed by atoms with Crippen LogP contribution >= 0.6 is 27.3 Å². The number of ether oxygens (including phenoxy) is 5. The molecule has 10 nitrogen and oxygen atoms in total. The highest BCUT2D eigenvalue weighted by Crippen LogP contribution is 2.67. The molecule has 1 saturated heterocycles. The number of carbonyl (C=O) groups is 1. The molecule has 4 atom stereocenters. The molecule has 3 aliphatic rings. The van der Waals surface area contributed by atoms with Crippen LogP contribution in [0.5, 0.6) is 5.75 Å². The van der Waals surface area contributed by atoms with E-state index >= 15 is 0 Å². The summed E-state index contributed by atoms with van der Waals surface area (Å²) in [5.74, 6) is -0.612. The molecule has 3 heterocycles. The summed E-state index contributed by atoms with van der Waals surface area (Å²) in [4.78, 5) is 43.0. The Balaban J connectivity index is 1.41. The maximum atomic E-state index is 14.7. The molecular weight excluding hydrogens is 736 g/mol. The highest BCUT2D eigenvalue weighted by molar-refractivity contribution is 9.11.